The molecule has 0 aliphatic carbocycles. The third-order valence-corrected chi connectivity index (χ3v) is 7.61. The first kappa shape index (κ1) is 29.7. The van der Waals surface area contributed by atoms with E-state index in [4.69, 9.17) is 37.4 Å². The highest BCUT2D eigenvalue weighted by atomic mass is 35.5. The van der Waals surface area contributed by atoms with Crippen molar-refractivity contribution < 1.29 is 37.1 Å². The number of nitrogens with zero attached hydrogens (tertiary/aromatic N) is 2. The monoisotopic (exact) mass is 596 g/mol. The highest BCUT2D eigenvalue weighted by molar-refractivity contribution is 7.92. The highest BCUT2D eigenvalue weighted by Crippen LogP contribution is 2.33. The summed E-state index contributed by atoms with van der Waals surface area (Å²) in [6, 6.07) is 13.6. The van der Waals surface area contributed by atoms with Crippen LogP contribution in [-0.2, 0) is 30.9 Å². The third-order valence-electron chi connectivity index (χ3n) is 5.18. The minimum absolute atomic E-state index is 0.0117. The lowest BCUT2D eigenvalue weighted by atomic mass is 10.1. The van der Waals surface area contributed by atoms with Crippen LogP contribution in [0.2, 0.25) is 10.0 Å². The number of carbonyl (C=O) groups is 2. The zero-order chi connectivity index (χ0) is 28.7. The smallest absolute Gasteiger partial charge is 0.461 e. The molecule has 206 valence electrons. The quantitative estimate of drug-likeness (QED) is 0.123. The summed E-state index contributed by atoms with van der Waals surface area (Å²) >= 11 is 12.1. The van der Waals surface area contributed by atoms with Gasteiger partial charge >= 0.3 is 12.1 Å². The molecule has 0 saturated carbocycles. The summed E-state index contributed by atoms with van der Waals surface area (Å²) in [5.74, 6) is -0.587. The van der Waals surface area contributed by atoms with Gasteiger partial charge in [0.15, 0.2) is 0 Å². The predicted molar refractivity (Wildman–Crippen MR) is 143 cm³/mol. The van der Waals surface area contributed by atoms with Gasteiger partial charge in [0.2, 0.25) is 0 Å². The van der Waals surface area contributed by atoms with Gasteiger partial charge in [0.1, 0.15) is 19.0 Å². The Kier molecular flexibility index (Phi) is 9.73. The highest BCUT2D eigenvalue weighted by Gasteiger charge is 2.32. The Morgan fingerprint density at radius 3 is 2.18 bits per heavy atom. The van der Waals surface area contributed by atoms with E-state index in [1.54, 1.807) is 0 Å². The molecule has 3 aromatic rings. The van der Waals surface area contributed by atoms with Gasteiger partial charge in [-0.2, -0.15) is 0 Å². The second-order valence-electron chi connectivity index (χ2n) is 8.07. The Labute approximate surface area is 234 Å². The molecule has 0 saturated heterocycles. The van der Waals surface area contributed by atoms with Crippen molar-refractivity contribution in [2.24, 2.45) is 0 Å². The van der Waals surface area contributed by atoms with Gasteiger partial charge in [-0.15, -0.1) is 0 Å². The van der Waals surface area contributed by atoms with E-state index in [9.17, 15) is 28.1 Å². The predicted octanol–water partition coefficient (Wildman–Crippen LogP) is 5.76. The van der Waals surface area contributed by atoms with Crippen molar-refractivity contribution in [3.63, 3.8) is 0 Å². The van der Waals surface area contributed by atoms with Crippen LogP contribution in [0, 0.1) is 10.1 Å². The summed E-state index contributed by atoms with van der Waals surface area (Å²) in [7, 11) is -4.29. The Morgan fingerprint density at radius 1 is 0.974 bits per heavy atom. The van der Waals surface area contributed by atoms with Crippen LogP contribution < -0.4 is 9.04 Å². The molecule has 14 heteroatoms. The van der Waals surface area contributed by atoms with Gasteiger partial charge in [-0.05, 0) is 55.5 Å². The van der Waals surface area contributed by atoms with Crippen LogP contribution >= 0.6 is 23.2 Å². The summed E-state index contributed by atoms with van der Waals surface area (Å²) < 4.78 is 43.9. The number of hydrogen-bond acceptors (Lipinski definition) is 9. The summed E-state index contributed by atoms with van der Waals surface area (Å²) in [5.41, 5.74) is 0.226. The Hall–Kier alpha value is -3.87. The first-order chi connectivity index (χ1) is 18.4. The molecular formula is C25H22Cl2N2O9S. The number of sulfonamides is 1. The molecule has 0 fully saturated rings. The van der Waals surface area contributed by atoms with Gasteiger partial charge in [0, 0.05) is 34.7 Å². The second kappa shape index (κ2) is 12.8. The summed E-state index contributed by atoms with van der Waals surface area (Å²) in [4.78, 5) is 33.8. The van der Waals surface area contributed by atoms with E-state index in [2.05, 4.69) is 0 Å². The average Bonchev–Trinajstić information content (AvgIpc) is 2.87. The lowest BCUT2D eigenvalue weighted by Crippen LogP contribution is -2.42. The van der Waals surface area contributed by atoms with E-state index in [-0.39, 0.29) is 33.6 Å². The van der Waals surface area contributed by atoms with Gasteiger partial charge < -0.3 is 14.2 Å². The maximum absolute atomic E-state index is 13.8. The van der Waals surface area contributed by atoms with Gasteiger partial charge in [0.25, 0.3) is 15.7 Å². The number of nitro groups is 1. The molecular weight excluding hydrogens is 575 g/mol. The zero-order valence-corrected chi connectivity index (χ0v) is 22.9. The number of benzene rings is 3. The molecule has 0 heterocycles. The number of halogens is 2. The fourth-order valence-corrected chi connectivity index (χ4v) is 5.35. The van der Waals surface area contributed by atoms with Crippen LogP contribution in [0.1, 0.15) is 19.4 Å². The van der Waals surface area contributed by atoms with Gasteiger partial charge in [-0.1, -0.05) is 29.3 Å². The molecule has 0 spiro atoms. The van der Waals surface area contributed by atoms with Crippen LogP contribution in [0.4, 0.5) is 16.2 Å². The molecule has 0 unspecified atom stereocenters. The van der Waals surface area contributed by atoms with Crippen LogP contribution in [0.5, 0.6) is 5.75 Å². The average molecular weight is 597 g/mol. The second-order valence-corrected chi connectivity index (χ2v) is 10.8. The van der Waals surface area contributed by atoms with Crippen LogP contribution in [-0.4, -0.2) is 38.1 Å². The molecule has 0 bridgehead atoms. The standard InChI is InChI=1S/C25H22Cl2N2O9S/c1-16(14-37-25(31)38-22-9-7-21(8-10-22)29(32)33)28(39(34,35)23-11-5-19(26)6-12-23)24-13-20(27)4-3-18(24)15-36-17(2)30/h3-13,16H,14-15H2,1-2H3/t16-/m1/s1. The van der Waals surface area contributed by atoms with Gasteiger partial charge in [-0.25, -0.2) is 13.2 Å². The molecule has 3 rings (SSSR count). The first-order valence-electron chi connectivity index (χ1n) is 11.2. The minimum atomic E-state index is -4.29. The number of esters is 1. The van der Waals surface area contributed by atoms with Gasteiger partial charge in [-0.3, -0.25) is 19.2 Å². The fourth-order valence-electron chi connectivity index (χ4n) is 3.39. The van der Waals surface area contributed by atoms with E-state index in [0.29, 0.717) is 10.6 Å². The zero-order valence-electron chi connectivity index (χ0n) is 20.6. The topological polar surface area (TPSA) is 142 Å². The Bertz CT molecular complexity index is 1460. The largest absolute Gasteiger partial charge is 0.513 e. The SMILES string of the molecule is CC(=O)OCc1ccc(Cl)cc1N([C@H](C)COC(=O)Oc1ccc([N+](=O)[O-])cc1)S(=O)(=O)c1ccc(Cl)cc1. The number of anilines is 1. The van der Waals surface area contributed by atoms with Crippen molar-refractivity contribution in [3.05, 3.63) is 92.5 Å². The molecule has 0 radical (unpaired) electrons. The van der Waals surface area contributed by atoms with Crippen molar-refractivity contribution in [3.8, 4) is 5.75 Å². The summed E-state index contributed by atoms with van der Waals surface area (Å²) in [5, 5.41) is 11.3. The number of hydrogen-bond donors (Lipinski definition) is 0. The minimum Gasteiger partial charge on any atom is -0.461 e. The fraction of sp³-hybridized carbons (Fsp3) is 0.200. The van der Waals surface area contributed by atoms with E-state index in [0.717, 1.165) is 16.4 Å². The first-order valence-corrected chi connectivity index (χ1v) is 13.4. The molecule has 0 aromatic heterocycles. The molecule has 0 aliphatic heterocycles. The van der Waals surface area contributed by atoms with E-state index in [1.807, 2.05) is 0 Å². The Balaban J connectivity index is 1.91. The van der Waals surface area contributed by atoms with Crippen LogP contribution in [0.3, 0.4) is 0 Å². The number of carbonyl (C=O) groups excluding carboxylic acids is 2. The Morgan fingerprint density at radius 2 is 1.59 bits per heavy atom. The van der Waals surface area contributed by atoms with Crippen LogP contribution in [0.15, 0.2) is 71.6 Å². The number of ether oxygens (including phenoxy) is 3. The molecule has 0 aliphatic rings. The molecule has 0 amide bonds. The molecule has 11 nitrogen and oxygen atoms in total. The maximum Gasteiger partial charge on any atom is 0.513 e. The van der Waals surface area contributed by atoms with E-state index >= 15 is 0 Å². The normalized spacial score (nSPS) is 11.8. The summed E-state index contributed by atoms with van der Waals surface area (Å²) in [6.07, 6.45) is -1.16. The lowest BCUT2D eigenvalue weighted by Gasteiger charge is -2.32. The third kappa shape index (κ3) is 7.82. The lowest BCUT2D eigenvalue weighted by molar-refractivity contribution is -0.384. The number of rotatable bonds is 10. The number of non-ortho nitro benzene ring substituents is 1. The van der Waals surface area contributed by atoms with Crippen LogP contribution in [0.25, 0.3) is 0 Å². The van der Waals surface area contributed by atoms with Crippen molar-refractivity contribution in [2.75, 3.05) is 10.9 Å². The van der Waals surface area contributed by atoms with Crippen molar-refractivity contribution in [1.29, 1.82) is 0 Å². The molecule has 39 heavy (non-hydrogen) atoms. The molecule has 1 atom stereocenters. The number of nitro benzene ring substituents is 1. The van der Waals surface area contributed by atoms with E-state index < -0.39 is 39.7 Å². The van der Waals surface area contributed by atoms with Gasteiger partial charge in [0.05, 0.1) is 21.5 Å². The van der Waals surface area contributed by atoms with E-state index in [1.165, 1.54) is 68.4 Å². The molecule has 0 N–H and O–H groups in total. The summed E-state index contributed by atoms with van der Waals surface area (Å²) in [6.45, 7) is 2.00. The van der Waals surface area contributed by atoms with Crippen molar-refractivity contribution in [1.82, 2.24) is 0 Å². The maximum atomic E-state index is 13.8. The van der Waals surface area contributed by atoms with Crippen molar-refractivity contribution >= 4 is 56.7 Å². The molecule has 3 aromatic carbocycles. The van der Waals surface area contributed by atoms with Crippen molar-refractivity contribution in [2.45, 2.75) is 31.4 Å².